The van der Waals surface area contributed by atoms with Crippen molar-refractivity contribution in [1.29, 1.82) is 0 Å². The fraction of sp³-hybridized carbons (Fsp3) is 0.286. The Kier molecular flexibility index (Phi) is 6.03. The van der Waals surface area contributed by atoms with Crippen LogP contribution < -0.4 is 10.1 Å². The van der Waals surface area contributed by atoms with Gasteiger partial charge < -0.3 is 14.6 Å². The van der Waals surface area contributed by atoms with Gasteiger partial charge in [-0.1, -0.05) is 43.3 Å². The molecule has 0 saturated carbocycles. The Bertz CT molecular complexity index is 938. The van der Waals surface area contributed by atoms with Gasteiger partial charge in [-0.25, -0.2) is 4.39 Å². The molecular weight excluding hydrogens is 361 g/mol. The molecule has 3 rings (SSSR count). The molecule has 1 aromatic heterocycles. The number of rotatable bonds is 7. The first-order chi connectivity index (χ1) is 13.5. The number of aromatic nitrogens is 2. The molecule has 0 saturated heterocycles. The van der Waals surface area contributed by atoms with E-state index in [0.717, 1.165) is 11.1 Å². The average Bonchev–Trinajstić information content (AvgIpc) is 3.17. The minimum absolute atomic E-state index is 0.0378. The van der Waals surface area contributed by atoms with Crippen LogP contribution in [0.25, 0.3) is 11.4 Å². The lowest BCUT2D eigenvalue weighted by Gasteiger charge is -2.18. The van der Waals surface area contributed by atoms with Gasteiger partial charge in [-0.3, -0.25) is 4.79 Å². The van der Waals surface area contributed by atoms with Crippen molar-refractivity contribution in [2.24, 2.45) is 5.92 Å². The van der Waals surface area contributed by atoms with E-state index in [1.807, 2.05) is 38.1 Å². The lowest BCUT2D eigenvalue weighted by molar-refractivity contribution is -0.121. The minimum Gasteiger partial charge on any atom is -0.497 e. The van der Waals surface area contributed by atoms with E-state index < -0.39 is 6.04 Å². The van der Waals surface area contributed by atoms with E-state index in [2.05, 4.69) is 15.5 Å². The van der Waals surface area contributed by atoms with Crippen LogP contribution in [0, 0.1) is 11.7 Å². The number of nitrogens with zero attached hydrogens (tertiary/aromatic N) is 2. The second kappa shape index (κ2) is 8.65. The molecule has 0 radical (unpaired) electrons. The molecule has 3 aromatic rings. The summed E-state index contributed by atoms with van der Waals surface area (Å²) in [7, 11) is 1.59. The number of ether oxygens (including phenoxy) is 1. The molecule has 6 nitrogen and oxygen atoms in total. The predicted octanol–water partition coefficient (Wildman–Crippen LogP) is 3.94. The molecule has 1 N–H and O–H groups in total. The summed E-state index contributed by atoms with van der Waals surface area (Å²) in [6.45, 7) is 3.91. The number of hydrogen-bond donors (Lipinski definition) is 1. The Labute approximate surface area is 162 Å². The van der Waals surface area contributed by atoms with E-state index in [1.165, 1.54) is 12.1 Å². The summed E-state index contributed by atoms with van der Waals surface area (Å²) in [5, 5.41) is 6.96. The summed E-state index contributed by atoms with van der Waals surface area (Å²) in [6.07, 6.45) is 0.139. The highest BCUT2D eigenvalue weighted by atomic mass is 19.1. The Morgan fingerprint density at radius 3 is 2.64 bits per heavy atom. The van der Waals surface area contributed by atoms with Crippen LogP contribution in [0.3, 0.4) is 0 Å². The molecule has 0 aliphatic carbocycles. The fourth-order valence-electron chi connectivity index (χ4n) is 2.77. The van der Waals surface area contributed by atoms with Gasteiger partial charge in [0.2, 0.25) is 17.6 Å². The lowest BCUT2D eigenvalue weighted by atomic mass is 10.0. The van der Waals surface area contributed by atoms with Gasteiger partial charge in [0.25, 0.3) is 0 Å². The third-order valence-electron chi connectivity index (χ3n) is 4.30. The van der Waals surface area contributed by atoms with Crippen molar-refractivity contribution in [2.75, 3.05) is 7.11 Å². The highest BCUT2D eigenvalue weighted by molar-refractivity contribution is 5.79. The summed E-state index contributed by atoms with van der Waals surface area (Å²) in [5.74, 6) is 0.951. The maximum atomic E-state index is 13.0. The zero-order valence-corrected chi connectivity index (χ0v) is 16.0. The SMILES string of the molecule is COc1cccc(-c2noc([C@H](NC(=O)Cc3ccc(F)cc3)C(C)C)n2)c1. The first-order valence-electron chi connectivity index (χ1n) is 8.98. The highest BCUT2D eigenvalue weighted by Crippen LogP contribution is 2.25. The monoisotopic (exact) mass is 383 g/mol. The first kappa shape index (κ1) is 19.5. The number of amides is 1. The molecule has 1 heterocycles. The molecule has 0 fully saturated rings. The average molecular weight is 383 g/mol. The molecule has 2 aromatic carbocycles. The van der Waals surface area contributed by atoms with Crippen molar-refractivity contribution in [3.05, 3.63) is 65.8 Å². The highest BCUT2D eigenvalue weighted by Gasteiger charge is 2.25. The second-order valence-corrected chi connectivity index (χ2v) is 6.78. The van der Waals surface area contributed by atoms with E-state index in [4.69, 9.17) is 9.26 Å². The normalized spacial score (nSPS) is 12.0. The van der Waals surface area contributed by atoms with Gasteiger partial charge in [-0.2, -0.15) is 4.98 Å². The molecule has 146 valence electrons. The molecule has 7 heteroatoms. The molecule has 0 aliphatic rings. The number of methoxy groups -OCH3 is 1. The van der Waals surface area contributed by atoms with E-state index in [1.54, 1.807) is 19.2 Å². The van der Waals surface area contributed by atoms with Gasteiger partial charge in [0.1, 0.15) is 17.6 Å². The van der Waals surface area contributed by atoms with Crippen LogP contribution in [-0.2, 0) is 11.2 Å². The molecule has 0 unspecified atom stereocenters. The number of carbonyl (C=O) groups excluding carboxylic acids is 1. The van der Waals surface area contributed by atoms with Gasteiger partial charge in [0.05, 0.1) is 13.5 Å². The minimum atomic E-state index is -0.431. The largest absolute Gasteiger partial charge is 0.497 e. The van der Waals surface area contributed by atoms with Gasteiger partial charge >= 0.3 is 0 Å². The summed E-state index contributed by atoms with van der Waals surface area (Å²) >= 11 is 0. The Balaban J connectivity index is 1.74. The van der Waals surface area contributed by atoms with Crippen molar-refractivity contribution < 1.29 is 18.4 Å². The van der Waals surface area contributed by atoms with E-state index >= 15 is 0 Å². The zero-order chi connectivity index (χ0) is 20.1. The van der Waals surface area contributed by atoms with Gasteiger partial charge in [-0.05, 0) is 35.7 Å². The number of nitrogens with one attached hydrogen (secondary N) is 1. The van der Waals surface area contributed by atoms with Crippen molar-refractivity contribution in [2.45, 2.75) is 26.3 Å². The van der Waals surface area contributed by atoms with E-state index in [9.17, 15) is 9.18 Å². The topological polar surface area (TPSA) is 77.3 Å². The summed E-state index contributed by atoms with van der Waals surface area (Å²) in [6, 6.07) is 12.8. The summed E-state index contributed by atoms with van der Waals surface area (Å²) < 4.78 is 23.7. The maximum absolute atomic E-state index is 13.0. The number of benzene rings is 2. The number of halogens is 1. The Morgan fingerprint density at radius 1 is 1.21 bits per heavy atom. The molecule has 0 spiro atoms. The zero-order valence-electron chi connectivity index (χ0n) is 16.0. The van der Waals surface area contributed by atoms with Crippen molar-refractivity contribution in [1.82, 2.24) is 15.5 Å². The summed E-state index contributed by atoms with van der Waals surface area (Å²) in [4.78, 5) is 16.9. The van der Waals surface area contributed by atoms with Crippen molar-refractivity contribution in [3.8, 4) is 17.1 Å². The van der Waals surface area contributed by atoms with Crippen LogP contribution in [0.5, 0.6) is 5.75 Å². The van der Waals surface area contributed by atoms with Crippen LogP contribution in [0.1, 0.15) is 31.3 Å². The quantitative estimate of drug-likeness (QED) is 0.669. The standard InChI is InChI=1S/C21H22FN3O3/c1-13(2)19(23-18(26)11-14-7-9-16(22)10-8-14)21-24-20(25-28-21)15-5-4-6-17(12-15)27-3/h4-10,12-13,19H,11H2,1-3H3,(H,23,26)/t19-/m1/s1. The second-order valence-electron chi connectivity index (χ2n) is 6.78. The maximum Gasteiger partial charge on any atom is 0.249 e. The van der Waals surface area contributed by atoms with Crippen molar-refractivity contribution >= 4 is 5.91 Å². The van der Waals surface area contributed by atoms with Gasteiger partial charge in [-0.15, -0.1) is 0 Å². The van der Waals surface area contributed by atoms with E-state index in [-0.39, 0.29) is 24.1 Å². The van der Waals surface area contributed by atoms with Crippen LogP contribution in [0.15, 0.2) is 53.1 Å². The molecular formula is C21H22FN3O3. The summed E-state index contributed by atoms with van der Waals surface area (Å²) in [5.41, 5.74) is 1.48. The van der Waals surface area contributed by atoms with Crippen LogP contribution in [0.2, 0.25) is 0 Å². The lowest BCUT2D eigenvalue weighted by Crippen LogP contribution is -2.33. The molecule has 0 aliphatic heterocycles. The third kappa shape index (κ3) is 4.73. The van der Waals surface area contributed by atoms with Crippen LogP contribution >= 0.6 is 0 Å². The van der Waals surface area contributed by atoms with E-state index in [0.29, 0.717) is 17.5 Å². The Hall–Kier alpha value is -3.22. The Morgan fingerprint density at radius 2 is 1.96 bits per heavy atom. The van der Waals surface area contributed by atoms with Crippen LogP contribution in [0.4, 0.5) is 4.39 Å². The predicted molar refractivity (Wildman–Crippen MR) is 102 cm³/mol. The van der Waals surface area contributed by atoms with Gasteiger partial charge in [0.15, 0.2) is 0 Å². The van der Waals surface area contributed by atoms with Gasteiger partial charge in [0, 0.05) is 5.56 Å². The number of carbonyl (C=O) groups is 1. The smallest absolute Gasteiger partial charge is 0.249 e. The first-order valence-corrected chi connectivity index (χ1v) is 8.98. The fourth-order valence-corrected chi connectivity index (χ4v) is 2.77. The molecule has 1 amide bonds. The third-order valence-corrected chi connectivity index (χ3v) is 4.30. The van der Waals surface area contributed by atoms with Crippen LogP contribution in [-0.4, -0.2) is 23.2 Å². The molecule has 1 atom stereocenters. The molecule has 28 heavy (non-hydrogen) atoms. The molecule has 0 bridgehead atoms. The van der Waals surface area contributed by atoms with Crippen molar-refractivity contribution in [3.63, 3.8) is 0 Å². The number of hydrogen-bond acceptors (Lipinski definition) is 5.